The predicted molar refractivity (Wildman–Crippen MR) is 208 cm³/mol. The van der Waals surface area contributed by atoms with Crippen molar-refractivity contribution >= 4 is 40.8 Å². The van der Waals surface area contributed by atoms with Crippen molar-refractivity contribution in [3.8, 4) is 28.1 Å². The van der Waals surface area contributed by atoms with Crippen molar-refractivity contribution < 1.29 is 21.1 Å². The normalized spacial score (nSPS) is 12.2. The molecule has 0 amide bonds. The van der Waals surface area contributed by atoms with E-state index in [2.05, 4.69) is 148 Å². The topological polar surface area (TPSA) is 36.7 Å². The first kappa shape index (κ1) is 34.0. The summed E-state index contributed by atoms with van der Waals surface area (Å²) >= 11 is 0. The second kappa shape index (κ2) is 14.8. The van der Waals surface area contributed by atoms with Gasteiger partial charge in [0, 0.05) is 44.1 Å². The smallest absolute Gasteiger partial charge is 0.192 e. The van der Waals surface area contributed by atoms with Gasteiger partial charge in [-0.1, -0.05) is 119 Å². The number of anilines is 2. The summed E-state index contributed by atoms with van der Waals surface area (Å²) < 4.78 is 1.96. The van der Waals surface area contributed by atoms with Gasteiger partial charge in [0.2, 0.25) is 0 Å². The van der Waals surface area contributed by atoms with Crippen LogP contribution in [-0.2, 0) is 21.1 Å². The van der Waals surface area contributed by atoms with Crippen LogP contribution in [0, 0.1) is 39.6 Å². The van der Waals surface area contributed by atoms with Gasteiger partial charge in [0.15, 0.2) is 6.71 Å². The van der Waals surface area contributed by atoms with E-state index in [1.807, 2.05) is 57.9 Å². The number of aromatic nitrogens is 2. The molecule has 2 heterocycles. The molecule has 51 heavy (non-hydrogen) atoms. The second-order valence-corrected chi connectivity index (χ2v) is 12.7. The Morgan fingerprint density at radius 2 is 1.20 bits per heavy atom. The van der Waals surface area contributed by atoms with Gasteiger partial charge in [0.25, 0.3) is 0 Å². The molecule has 7 heteroatoms. The molecule has 1 aromatic heterocycles. The molecule has 0 saturated carbocycles. The molecule has 7 aromatic rings. The maximum atomic E-state index is 5.16. The third-order valence-corrected chi connectivity index (χ3v) is 9.18. The molecule has 0 unspecified atom stereocenters. The quantitative estimate of drug-likeness (QED) is 0.117. The minimum atomic E-state index is -0.120. The Morgan fingerprint density at radius 1 is 0.627 bits per heavy atom. The molecule has 0 spiro atoms. The van der Waals surface area contributed by atoms with Crippen molar-refractivity contribution in [3.05, 3.63) is 181 Å². The maximum absolute atomic E-state index is 5.16. The van der Waals surface area contributed by atoms with Gasteiger partial charge in [-0.05, 0) is 44.2 Å². The van der Waals surface area contributed by atoms with Crippen molar-refractivity contribution in [2.75, 3.05) is 9.91 Å². The Morgan fingerprint density at radius 3 is 1.84 bits per heavy atom. The Labute approximate surface area is 315 Å². The summed E-state index contributed by atoms with van der Waals surface area (Å²) in [5, 5.41) is 11.7. The van der Waals surface area contributed by atoms with Gasteiger partial charge in [-0.15, -0.1) is 18.8 Å². The molecule has 1 aliphatic rings. The summed E-state index contributed by atoms with van der Waals surface area (Å²) in [6.07, 6.45) is 3.95. The zero-order chi connectivity index (χ0) is 34.0. The van der Waals surface area contributed by atoms with E-state index < -0.39 is 0 Å². The Balaban J connectivity index is 0.00000406. The van der Waals surface area contributed by atoms with E-state index in [-0.39, 0.29) is 27.8 Å². The van der Waals surface area contributed by atoms with Gasteiger partial charge in [-0.25, -0.2) is 0 Å². The summed E-state index contributed by atoms with van der Waals surface area (Å²) in [5.74, 6) is 0. The third kappa shape index (κ3) is 6.97. The molecule has 252 valence electrons. The van der Waals surface area contributed by atoms with Crippen LogP contribution in [0.25, 0.3) is 28.1 Å². The van der Waals surface area contributed by atoms with E-state index >= 15 is 0 Å². The van der Waals surface area contributed by atoms with Crippen LogP contribution in [0.5, 0.6) is 0 Å². The largest absolute Gasteiger partial charge is 0.463 e. The van der Waals surface area contributed by atoms with Crippen LogP contribution in [0.2, 0.25) is 0 Å². The predicted octanol–water partition coefficient (Wildman–Crippen LogP) is 7.63. The monoisotopic (exact) mass is 839 g/mol. The number of benzene rings is 6. The standard InChI is InChI=1S/C44H35BN5.Pt/c1-32-25-33(2)43(34(3)26-32)45(38-20-14-24-41(28-38)50-31-48(30-46-50)39-21-11-6-12-22-39)37-19-13-23-40(27-37)49-29-42(35-15-7-4-8-16-35)44(47-49)36-17-9-5-10-18-36;/h4-26,29-31H,1-3H3;/q-3;. The van der Waals surface area contributed by atoms with Crippen molar-refractivity contribution in [1.82, 2.24) is 9.78 Å². The fraction of sp³-hybridized carbons (Fsp3) is 0.0682. The number of hydrazone groups is 1. The van der Waals surface area contributed by atoms with E-state index in [0.29, 0.717) is 0 Å². The molecule has 0 radical (unpaired) electrons. The average Bonchev–Trinajstić information content (AvgIpc) is 3.84. The first-order chi connectivity index (χ1) is 24.5. The minimum Gasteiger partial charge on any atom is -0.463 e. The van der Waals surface area contributed by atoms with Gasteiger partial charge >= 0.3 is 0 Å². The molecular weight excluding hydrogens is 804 g/mol. The van der Waals surface area contributed by atoms with E-state index in [1.54, 1.807) is 0 Å². The Bertz CT molecular complexity index is 2220. The van der Waals surface area contributed by atoms with Crippen LogP contribution in [0.1, 0.15) is 16.7 Å². The summed E-state index contributed by atoms with van der Waals surface area (Å²) in [6, 6.07) is 55.8. The van der Waals surface area contributed by atoms with Gasteiger partial charge in [-0.2, -0.15) is 57.5 Å². The molecule has 8 rings (SSSR count). The van der Waals surface area contributed by atoms with Gasteiger partial charge in [0.1, 0.15) is 5.69 Å². The van der Waals surface area contributed by atoms with Crippen molar-refractivity contribution in [3.63, 3.8) is 0 Å². The minimum absolute atomic E-state index is 0. The van der Waals surface area contributed by atoms with E-state index in [1.165, 1.54) is 22.2 Å². The summed E-state index contributed by atoms with van der Waals surface area (Å²) in [6.45, 7) is 8.44. The number of para-hydroxylation sites is 1. The van der Waals surface area contributed by atoms with Gasteiger partial charge in [0.05, 0.1) is 6.34 Å². The number of rotatable bonds is 8. The molecule has 0 bridgehead atoms. The molecule has 0 atom stereocenters. The Kier molecular flexibility index (Phi) is 9.88. The zero-order valence-electron chi connectivity index (χ0n) is 28.6. The van der Waals surface area contributed by atoms with Crippen LogP contribution in [0.4, 0.5) is 11.4 Å². The van der Waals surface area contributed by atoms with E-state index in [4.69, 9.17) is 10.2 Å². The van der Waals surface area contributed by atoms with Gasteiger partial charge in [-0.3, -0.25) is 4.68 Å². The molecule has 0 saturated heterocycles. The number of nitrogens with zero attached hydrogens (tertiary/aromatic N) is 5. The van der Waals surface area contributed by atoms with Crippen LogP contribution in [0.15, 0.2) is 151 Å². The molecule has 1 aliphatic heterocycles. The zero-order valence-corrected chi connectivity index (χ0v) is 30.9. The fourth-order valence-corrected chi connectivity index (χ4v) is 6.96. The molecular formula is C44H35BN5Pt-3. The first-order valence-electron chi connectivity index (χ1n) is 16.9. The maximum Gasteiger partial charge on any atom is 0.192 e. The van der Waals surface area contributed by atoms with Crippen LogP contribution in [-0.4, -0.2) is 22.8 Å². The van der Waals surface area contributed by atoms with Crippen molar-refractivity contribution in [2.24, 2.45) is 5.10 Å². The van der Waals surface area contributed by atoms with Crippen LogP contribution in [0.3, 0.4) is 0 Å². The average molecular weight is 840 g/mol. The third-order valence-electron chi connectivity index (χ3n) is 9.18. The van der Waals surface area contributed by atoms with E-state index in [9.17, 15) is 0 Å². The fourth-order valence-electron chi connectivity index (χ4n) is 6.96. The van der Waals surface area contributed by atoms with Crippen LogP contribution < -0.4 is 26.3 Å². The summed E-state index contributed by atoms with van der Waals surface area (Å²) in [7, 11) is 0. The summed E-state index contributed by atoms with van der Waals surface area (Å²) in [4.78, 5) is 2.01. The number of hydrogen-bond acceptors (Lipinski definition) is 4. The number of aryl methyl sites for hydroxylation is 3. The van der Waals surface area contributed by atoms with E-state index in [0.717, 1.165) is 50.4 Å². The number of hydrogen-bond donors (Lipinski definition) is 0. The molecule has 0 fully saturated rings. The molecule has 0 N–H and O–H groups in total. The van der Waals surface area contributed by atoms with Crippen LogP contribution >= 0.6 is 0 Å². The molecule has 5 nitrogen and oxygen atoms in total. The van der Waals surface area contributed by atoms with Crippen molar-refractivity contribution in [1.29, 1.82) is 0 Å². The molecule has 6 aromatic carbocycles. The van der Waals surface area contributed by atoms with Crippen molar-refractivity contribution in [2.45, 2.75) is 20.8 Å². The van der Waals surface area contributed by atoms with Gasteiger partial charge < -0.3 is 9.91 Å². The SMILES string of the molecule is Cc1cc(C)c(B(c2[c-]c(N3[CH-]N(c4ccccc4)C=N3)ccc2)c2[c-]c(-n3cc(-c4ccccc4)c(-c4ccccc4)n3)ccc2)c(C)c1.[Pt]. The second-order valence-electron chi connectivity index (χ2n) is 12.7. The summed E-state index contributed by atoms with van der Waals surface area (Å²) in [5.41, 5.74) is 14.1. The first-order valence-corrected chi connectivity index (χ1v) is 16.9. The Hall–Kier alpha value is -5.45. The molecule has 0 aliphatic carbocycles.